The molecule has 0 spiro atoms. The SMILES string of the molecule is CSCC[C@H](N)C(=O)NC(C)C1CCOCC1. The Morgan fingerprint density at radius 3 is 2.76 bits per heavy atom. The molecule has 1 unspecified atom stereocenters. The average molecular weight is 260 g/mol. The van der Waals surface area contributed by atoms with E-state index in [0.717, 1.165) is 38.2 Å². The van der Waals surface area contributed by atoms with Crippen LogP contribution >= 0.6 is 11.8 Å². The van der Waals surface area contributed by atoms with Gasteiger partial charge in [0.1, 0.15) is 0 Å². The monoisotopic (exact) mass is 260 g/mol. The molecule has 0 aromatic carbocycles. The standard InChI is InChI=1S/C12H24N2O2S/c1-9(10-3-6-16-7-4-10)14-12(15)11(13)5-8-17-2/h9-11H,3-8,13H2,1-2H3,(H,14,15)/t9?,11-/m0/s1. The molecule has 1 fully saturated rings. The summed E-state index contributed by atoms with van der Waals surface area (Å²) in [5, 5.41) is 3.03. The molecule has 0 aromatic rings. The van der Waals surface area contributed by atoms with Gasteiger partial charge in [-0.3, -0.25) is 4.79 Å². The van der Waals surface area contributed by atoms with Gasteiger partial charge in [0, 0.05) is 19.3 Å². The van der Waals surface area contributed by atoms with Crippen molar-refractivity contribution in [2.45, 2.75) is 38.3 Å². The molecule has 3 N–H and O–H groups in total. The van der Waals surface area contributed by atoms with Gasteiger partial charge in [-0.2, -0.15) is 11.8 Å². The van der Waals surface area contributed by atoms with Gasteiger partial charge in [-0.15, -0.1) is 0 Å². The van der Waals surface area contributed by atoms with E-state index in [0.29, 0.717) is 5.92 Å². The summed E-state index contributed by atoms with van der Waals surface area (Å²) in [5.74, 6) is 1.44. The van der Waals surface area contributed by atoms with Gasteiger partial charge < -0.3 is 15.8 Å². The number of ether oxygens (including phenoxy) is 1. The molecule has 0 saturated carbocycles. The summed E-state index contributed by atoms with van der Waals surface area (Å²) in [6.45, 7) is 3.68. The Balaban J connectivity index is 2.28. The van der Waals surface area contributed by atoms with Gasteiger partial charge in [0.25, 0.3) is 0 Å². The van der Waals surface area contributed by atoms with Crippen LogP contribution in [0.2, 0.25) is 0 Å². The molecule has 5 heteroatoms. The lowest BCUT2D eigenvalue weighted by Crippen LogP contribution is -2.47. The van der Waals surface area contributed by atoms with Gasteiger partial charge in [0.05, 0.1) is 6.04 Å². The third kappa shape index (κ3) is 5.27. The van der Waals surface area contributed by atoms with Crippen LogP contribution in [-0.2, 0) is 9.53 Å². The number of amides is 1. The minimum absolute atomic E-state index is 0.0157. The quantitative estimate of drug-likeness (QED) is 0.748. The molecule has 1 heterocycles. The van der Waals surface area contributed by atoms with Crippen LogP contribution in [0.25, 0.3) is 0 Å². The van der Waals surface area contributed by atoms with Gasteiger partial charge in [-0.1, -0.05) is 0 Å². The fraction of sp³-hybridized carbons (Fsp3) is 0.917. The van der Waals surface area contributed by atoms with Crippen LogP contribution in [0.3, 0.4) is 0 Å². The van der Waals surface area contributed by atoms with Crippen molar-refractivity contribution in [3.63, 3.8) is 0 Å². The number of nitrogens with two attached hydrogens (primary N) is 1. The van der Waals surface area contributed by atoms with Gasteiger partial charge in [-0.05, 0) is 44.1 Å². The van der Waals surface area contributed by atoms with Crippen molar-refractivity contribution < 1.29 is 9.53 Å². The second-order valence-electron chi connectivity index (χ2n) is 4.64. The summed E-state index contributed by atoms with van der Waals surface area (Å²) in [6, 6.07) is -0.170. The van der Waals surface area contributed by atoms with E-state index < -0.39 is 0 Å². The molecular weight excluding hydrogens is 236 g/mol. The third-order valence-electron chi connectivity index (χ3n) is 3.31. The highest BCUT2D eigenvalue weighted by Gasteiger charge is 2.23. The molecule has 0 bridgehead atoms. The molecule has 0 radical (unpaired) electrons. The molecule has 1 amide bonds. The summed E-state index contributed by atoms with van der Waals surface area (Å²) in [5.41, 5.74) is 5.83. The Morgan fingerprint density at radius 1 is 1.53 bits per heavy atom. The van der Waals surface area contributed by atoms with E-state index in [1.54, 1.807) is 11.8 Å². The smallest absolute Gasteiger partial charge is 0.237 e. The number of carbonyl (C=O) groups is 1. The first-order valence-corrected chi connectivity index (χ1v) is 7.67. The van der Waals surface area contributed by atoms with E-state index >= 15 is 0 Å². The minimum atomic E-state index is -0.371. The molecule has 2 atom stereocenters. The molecule has 17 heavy (non-hydrogen) atoms. The van der Waals surface area contributed by atoms with Crippen LogP contribution in [0.5, 0.6) is 0 Å². The lowest BCUT2D eigenvalue weighted by Gasteiger charge is -2.29. The lowest BCUT2D eigenvalue weighted by molar-refractivity contribution is -0.123. The van der Waals surface area contributed by atoms with Crippen LogP contribution in [0, 0.1) is 5.92 Å². The Labute approximate surface area is 108 Å². The average Bonchev–Trinajstić information content (AvgIpc) is 2.36. The number of hydrogen-bond acceptors (Lipinski definition) is 4. The first kappa shape index (κ1) is 14.8. The molecule has 1 aliphatic heterocycles. The van der Waals surface area contributed by atoms with Crippen LogP contribution in [-0.4, -0.2) is 43.2 Å². The van der Waals surface area contributed by atoms with Crippen molar-refractivity contribution in [2.24, 2.45) is 11.7 Å². The second kappa shape index (κ2) is 7.95. The molecule has 1 saturated heterocycles. The fourth-order valence-corrected chi connectivity index (χ4v) is 2.53. The molecule has 4 nitrogen and oxygen atoms in total. The van der Waals surface area contributed by atoms with Crippen molar-refractivity contribution >= 4 is 17.7 Å². The van der Waals surface area contributed by atoms with Gasteiger partial charge in [0.15, 0.2) is 0 Å². The minimum Gasteiger partial charge on any atom is -0.381 e. The van der Waals surface area contributed by atoms with Gasteiger partial charge in [-0.25, -0.2) is 0 Å². The zero-order chi connectivity index (χ0) is 12.7. The summed E-state index contributed by atoms with van der Waals surface area (Å²) in [4.78, 5) is 11.8. The van der Waals surface area contributed by atoms with Gasteiger partial charge in [0.2, 0.25) is 5.91 Å². The summed E-state index contributed by atoms with van der Waals surface area (Å²) in [7, 11) is 0. The number of carbonyl (C=O) groups excluding carboxylic acids is 1. The molecule has 0 aliphatic carbocycles. The Bertz CT molecular complexity index is 233. The lowest BCUT2D eigenvalue weighted by atomic mass is 9.93. The highest BCUT2D eigenvalue weighted by atomic mass is 32.2. The van der Waals surface area contributed by atoms with Crippen LogP contribution in [0.1, 0.15) is 26.2 Å². The van der Waals surface area contributed by atoms with Crippen LogP contribution in [0.15, 0.2) is 0 Å². The third-order valence-corrected chi connectivity index (χ3v) is 3.96. The zero-order valence-corrected chi connectivity index (χ0v) is 11.6. The molecule has 1 aliphatic rings. The fourth-order valence-electron chi connectivity index (χ4n) is 2.04. The van der Waals surface area contributed by atoms with Crippen LogP contribution in [0.4, 0.5) is 0 Å². The predicted octanol–water partition coefficient (Wildman–Crippen LogP) is 0.998. The first-order chi connectivity index (χ1) is 8.15. The maximum Gasteiger partial charge on any atom is 0.237 e. The van der Waals surface area contributed by atoms with E-state index in [1.165, 1.54) is 0 Å². The van der Waals surface area contributed by atoms with E-state index in [-0.39, 0.29) is 18.0 Å². The number of nitrogens with one attached hydrogen (secondary N) is 1. The van der Waals surface area contributed by atoms with E-state index in [9.17, 15) is 4.79 Å². The molecule has 1 rings (SSSR count). The highest BCUT2D eigenvalue weighted by Crippen LogP contribution is 2.18. The van der Waals surface area contributed by atoms with E-state index in [4.69, 9.17) is 10.5 Å². The molecule has 0 aromatic heterocycles. The predicted molar refractivity (Wildman–Crippen MR) is 72.1 cm³/mol. The molecular formula is C12H24N2O2S. The van der Waals surface area contributed by atoms with Crippen molar-refractivity contribution in [3.8, 4) is 0 Å². The van der Waals surface area contributed by atoms with E-state index in [1.807, 2.05) is 6.26 Å². The Hall–Kier alpha value is -0.260. The normalized spacial score (nSPS) is 20.9. The summed E-state index contributed by atoms with van der Waals surface area (Å²) in [6.07, 6.45) is 4.83. The summed E-state index contributed by atoms with van der Waals surface area (Å²) >= 11 is 1.72. The zero-order valence-electron chi connectivity index (χ0n) is 10.8. The summed E-state index contributed by atoms with van der Waals surface area (Å²) < 4.78 is 5.32. The maximum atomic E-state index is 11.8. The Kier molecular flexibility index (Phi) is 6.92. The van der Waals surface area contributed by atoms with E-state index in [2.05, 4.69) is 12.2 Å². The number of rotatable bonds is 6. The van der Waals surface area contributed by atoms with Crippen molar-refractivity contribution in [2.75, 3.05) is 25.2 Å². The second-order valence-corrected chi connectivity index (χ2v) is 5.62. The Morgan fingerprint density at radius 2 is 2.18 bits per heavy atom. The van der Waals surface area contributed by atoms with Gasteiger partial charge >= 0.3 is 0 Å². The van der Waals surface area contributed by atoms with Crippen molar-refractivity contribution in [1.29, 1.82) is 0 Å². The van der Waals surface area contributed by atoms with Crippen molar-refractivity contribution in [3.05, 3.63) is 0 Å². The largest absolute Gasteiger partial charge is 0.381 e. The topological polar surface area (TPSA) is 64.4 Å². The number of hydrogen-bond donors (Lipinski definition) is 2. The van der Waals surface area contributed by atoms with Crippen LogP contribution < -0.4 is 11.1 Å². The highest BCUT2D eigenvalue weighted by molar-refractivity contribution is 7.98. The first-order valence-electron chi connectivity index (χ1n) is 6.27. The number of thioether (sulfide) groups is 1. The maximum absolute atomic E-state index is 11.8. The van der Waals surface area contributed by atoms with Crippen molar-refractivity contribution in [1.82, 2.24) is 5.32 Å². The molecule has 100 valence electrons.